The third-order valence-corrected chi connectivity index (χ3v) is 2.34. The van der Waals surface area contributed by atoms with Gasteiger partial charge in [-0.15, -0.1) is 0 Å². The molecule has 0 atom stereocenters. The molecule has 2 heteroatoms. The standard InChI is InChI=1S/C14H14N2/c15-14-8-11-16(12-9-14)10-4-7-13-5-2-1-3-6-13/h1-9,11-12,15H,10H2/p+1/b7-4+. The van der Waals surface area contributed by atoms with Gasteiger partial charge in [-0.25, -0.2) is 4.57 Å². The summed E-state index contributed by atoms with van der Waals surface area (Å²) in [6.45, 7) is 0.856. The Morgan fingerprint density at radius 1 is 1.00 bits per heavy atom. The Bertz CT molecular complexity index is 458. The predicted octanol–water partition coefficient (Wildman–Crippen LogP) is 2.27. The van der Waals surface area contributed by atoms with Gasteiger partial charge in [0.2, 0.25) is 0 Å². The van der Waals surface area contributed by atoms with Crippen LogP contribution in [0.1, 0.15) is 5.56 Å². The molecule has 0 aliphatic carbocycles. The summed E-state index contributed by atoms with van der Waals surface area (Å²) in [6, 6.07) is 14.1. The summed E-state index contributed by atoms with van der Waals surface area (Å²) in [5.41, 5.74) is 7.63. The summed E-state index contributed by atoms with van der Waals surface area (Å²) in [5, 5.41) is 0. The summed E-state index contributed by atoms with van der Waals surface area (Å²) in [6.07, 6.45) is 8.20. The van der Waals surface area contributed by atoms with Gasteiger partial charge in [-0.2, -0.15) is 0 Å². The number of aromatic nitrogens is 1. The second-order valence-electron chi connectivity index (χ2n) is 3.64. The molecule has 2 nitrogen and oxygen atoms in total. The lowest BCUT2D eigenvalue weighted by Gasteiger charge is -1.93. The van der Waals surface area contributed by atoms with Gasteiger partial charge in [0.05, 0.1) is 0 Å². The van der Waals surface area contributed by atoms with Crippen molar-refractivity contribution in [1.29, 1.82) is 0 Å². The maximum atomic E-state index is 5.62. The number of rotatable bonds is 3. The highest BCUT2D eigenvalue weighted by atomic mass is 14.9. The highest BCUT2D eigenvalue weighted by Crippen LogP contribution is 2.00. The molecule has 0 saturated carbocycles. The zero-order valence-corrected chi connectivity index (χ0v) is 9.08. The van der Waals surface area contributed by atoms with E-state index in [2.05, 4.69) is 28.9 Å². The topological polar surface area (TPSA) is 29.9 Å². The molecule has 0 radical (unpaired) electrons. The first kappa shape index (κ1) is 10.4. The number of nitrogens with zero attached hydrogens (tertiary/aromatic N) is 1. The zero-order valence-electron chi connectivity index (χ0n) is 9.08. The maximum absolute atomic E-state index is 5.62. The summed E-state index contributed by atoms with van der Waals surface area (Å²) < 4.78 is 2.08. The van der Waals surface area contributed by atoms with Crippen LogP contribution in [0.2, 0.25) is 0 Å². The van der Waals surface area contributed by atoms with Crippen molar-refractivity contribution in [2.24, 2.45) is 0 Å². The van der Waals surface area contributed by atoms with E-state index in [1.807, 2.05) is 42.7 Å². The second-order valence-corrected chi connectivity index (χ2v) is 3.64. The van der Waals surface area contributed by atoms with Crippen LogP contribution in [0.25, 0.3) is 6.08 Å². The zero-order chi connectivity index (χ0) is 11.2. The first-order valence-corrected chi connectivity index (χ1v) is 5.31. The van der Waals surface area contributed by atoms with E-state index in [4.69, 9.17) is 5.73 Å². The number of nitrogen functional groups attached to an aromatic ring is 1. The predicted molar refractivity (Wildman–Crippen MR) is 66.5 cm³/mol. The molecule has 0 saturated heterocycles. The van der Waals surface area contributed by atoms with Crippen LogP contribution in [0.15, 0.2) is 60.9 Å². The van der Waals surface area contributed by atoms with E-state index in [-0.39, 0.29) is 0 Å². The molecular weight excluding hydrogens is 196 g/mol. The van der Waals surface area contributed by atoms with Crippen LogP contribution < -0.4 is 10.3 Å². The van der Waals surface area contributed by atoms with Gasteiger partial charge in [0.15, 0.2) is 18.9 Å². The Balaban J connectivity index is 1.97. The van der Waals surface area contributed by atoms with Crippen molar-refractivity contribution >= 4 is 11.8 Å². The van der Waals surface area contributed by atoms with Gasteiger partial charge in [-0.3, -0.25) is 0 Å². The minimum Gasteiger partial charge on any atom is -0.398 e. The first-order valence-electron chi connectivity index (χ1n) is 5.31. The van der Waals surface area contributed by atoms with Crippen molar-refractivity contribution in [3.8, 4) is 0 Å². The number of hydrogen-bond donors (Lipinski definition) is 1. The monoisotopic (exact) mass is 211 g/mol. The Morgan fingerprint density at radius 3 is 2.38 bits per heavy atom. The van der Waals surface area contributed by atoms with Gasteiger partial charge in [0, 0.05) is 17.8 Å². The molecule has 0 fully saturated rings. The van der Waals surface area contributed by atoms with E-state index in [9.17, 15) is 0 Å². The van der Waals surface area contributed by atoms with Crippen molar-refractivity contribution in [3.63, 3.8) is 0 Å². The normalized spacial score (nSPS) is 10.8. The van der Waals surface area contributed by atoms with Crippen LogP contribution in [0.4, 0.5) is 5.69 Å². The minimum atomic E-state index is 0.795. The number of hydrogen-bond acceptors (Lipinski definition) is 1. The van der Waals surface area contributed by atoms with Gasteiger partial charge in [0.25, 0.3) is 0 Å². The lowest BCUT2D eigenvalue weighted by atomic mass is 10.2. The lowest BCUT2D eigenvalue weighted by Crippen LogP contribution is -2.31. The summed E-state index contributed by atoms with van der Waals surface area (Å²) >= 11 is 0. The first-order chi connectivity index (χ1) is 7.84. The molecule has 2 N–H and O–H groups in total. The van der Waals surface area contributed by atoms with Crippen molar-refractivity contribution in [2.45, 2.75) is 6.54 Å². The van der Waals surface area contributed by atoms with Gasteiger partial charge in [-0.05, 0) is 11.6 Å². The SMILES string of the molecule is Nc1cc[n+](C/C=C/c2ccccc2)cc1. The summed E-state index contributed by atoms with van der Waals surface area (Å²) in [5.74, 6) is 0. The number of allylic oxidation sites excluding steroid dienone is 1. The molecule has 1 aromatic carbocycles. The van der Waals surface area contributed by atoms with Crippen LogP contribution in [-0.4, -0.2) is 0 Å². The largest absolute Gasteiger partial charge is 0.398 e. The van der Waals surface area contributed by atoms with Crippen LogP contribution in [-0.2, 0) is 6.54 Å². The molecule has 0 aliphatic heterocycles. The maximum Gasteiger partial charge on any atom is 0.171 e. The molecule has 0 aliphatic rings. The van der Waals surface area contributed by atoms with Crippen LogP contribution in [0.5, 0.6) is 0 Å². The average Bonchev–Trinajstić information content (AvgIpc) is 2.33. The Kier molecular flexibility index (Phi) is 3.34. The van der Waals surface area contributed by atoms with Crippen molar-refractivity contribution in [1.82, 2.24) is 0 Å². The highest BCUT2D eigenvalue weighted by Gasteiger charge is 1.94. The molecule has 1 heterocycles. The molecule has 16 heavy (non-hydrogen) atoms. The summed E-state index contributed by atoms with van der Waals surface area (Å²) in [7, 11) is 0. The molecule has 0 bridgehead atoms. The van der Waals surface area contributed by atoms with E-state index in [0.717, 1.165) is 12.2 Å². The molecule has 0 amide bonds. The molecule has 80 valence electrons. The van der Waals surface area contributed by atoms with Crippen LogP contribution in [0, 0.1) is 0 Å². The quantitative estimate of drug-likeness (QED) is 0.775. The molecule has 1 aromatic heterocycles. The van der Waals surface area contributed by atoms with Gasteiger partial charge in [0.1, 0.15) is 0 Å². The minimum absolute atomic E-state index is 0.795. The third-order valence-electron chi connectivity index (χ3n) is 2.34. The fourth-order valence-corrected chi connectivity index (χ4v) is 1.47. The van der Waals surface area contributed by atoms with Gasteiger partial charge >= 0.3 is 0 Å². The molecule has 2 rings (SSSR count). The summed E-state index contributed by atoms with van der Waals surface area (Å²) in [4.78, 5) is 0. The number of nitrogens with two attached hydrogens (primary N) is 1. The Labute approximate surface area is 95.7 Å². The van der Waals surface area contributed by atoms with Crippen molar-refractivity contribution in [3.05, 3.63) is 66.5 Å². The molecule has 2 aromatic rings. The lowest BCUT2D eigenvalue weighted by molar-refractivity contribution is -0.686. The van der Waals surface area contributed by atoms with Crippen LogP contribution >= 0.6 is 0 Å². The van der Waals surface area contributed by atoms with E-state index in [1.165, 1.54) is 5.56 Å². The third kappa shape index (κ3) is 2.95. The number of anilines is 1. The number of benzene rings is 1. The van der Waals surface area contributed by atoms with E-state index < -0.39 is 0 Å². The average molecular weight is 211 g/mol. The molecule has 0 spiro atoms. The van der Waals surface area contributed by atoms with Crippen molar-refractivity contribution < 1.29 is 4.57 Å². The van der Waals surface area contributed by atoms with E-state index in [0.29, 0.717) is 0 Å². The fraction of sp³-hybridized carbons (Fsp3) is 0.0714. The fourth-order valence-electron chi connectivity index (χ4n) is 1.47. The van der Waals surface area contributed by atoms with Gasteiger partial charge < -0.3 is 5.73 Å². The van der Waals surface area contributed by atoms with E-state index >= 15 is 0 Å². The second kappa shape index (κ2) is 5.12. The van der Waals surface area contributed by atoms with Crippen molar-refractivity contribution in [2.75, 3.05) is 5.73 Å². The Hall–Kier alpha value is -2.09. The number of pyridine rings is 1. The van der Waals surface area contributed by atoms with Crippen LogP contribution in [0.3, 0.4) is 0 Å². The highest BCUT2D eigenvalue weighted by molar-refractivity contribution is 5.48. The smallest absolute Gasteiger partial charge is 0.171 e. The molecule has 0 unspecified atom stereocenters. The van der Waals surface area contributed by atoms with E-state index in [1.54, 1.807) is 0 Å². The molecular formula is C14H15N2+. The Morgan fingerprint density at radius 2 is 1.69 bits per heavy atom. The van der Waals surface area contributed by atoms with Gasteiger partial charge in [-0.1, -0.05) is 36.4 Å².